The monoisotopic (exact) mass is 313 g/mol. The smallest absolute Gasteiger partial charge is 0.265 e. The molecule has 0 aliphatic heterocycles. The number of thiophene rings is 1. The van der Waals surface area contributed by atoms with Gasteiger partial charge in [-0.25, -0.2) is 0 Å². The van der Waals surface area contributed by atoms with E-state index in [4.69, 9.17) is 4.42 Å². The second-order valence-corrected chi connectivity index (χ2v) is 6.02. The van der Waals surface area contributed by atoms with Crippen LogP contribution in [0.15, 0.2) is 41.1 Å². The molecule has 0 radical (unpaired) electrons. The Labute approximate surface area is 132 Å². The van der Waals surface area contributed by atoms with Gasteiger partial charge in [-0.05, 0) is 43.2 Å². The van der Waals surface area contributed by atoms with E-state index in [-0.39, 0.29) is 5.91 Å². The topological polar surface area (TPSA) is 68.0 Å². The molecule has 1 N–H and O–H groups in total. The first-order chi connectivity index (χ1) is 10.7. The van der Waals surface area contributed by atoms with Crippen molar-refractivity contribution < 1.29 is 9.21 Å². The third kappa shape index (κ3) is 2.92. The van der Waals surface area contributed by atoms with Crippen molar-refractivity contribution in [3.63, 3.8) is 0 Å². The highest BCUT2D eigenvalue weighted by Gasteiger charge is 2.12. The number of nitrogens with zero attached hydrogens (tertiary/aromatic N) is 2. The Morgan fingerprint density at radius 3 is 2.86 bits per heavy atom. The first kappa shape index (κ1) is 14.5. The molecule has 3 rings (SSSR count). The van der Waals surface area contributed by atoms with E-state index in [1.54, 1.807) is 0 Å². The summed E-state index contributed by atoms with van der Waals surface area (Å²) in [6.07, 6.45) is 2.22. The lowest BCUT2D eigenvalue weighted by Gasteiger charge is -2.08. The van der Waals surface area contributed by atoms with Gasteiger partial charge in [-0.2, -0.15) is 0 Å². The number of hydrogen-bond donors (Lipinski definition) is 1. The van der Waals surface area contributed by atoms with Crippen molar-refractivity contribution in [2.24, 2.45) is 0 Å². The van der Waals surface area contributed by atoms with E-state index in [1.807, 2.05) is 37.3 Å². The quantitative estimate of drug-likeness (QED) is 0.792. The van der Waals surface area contributed by atoms with E-state index in [0.717, 1.165) is 23.2 Å². The summed E-state index contributed by atoms with van der Waals surface area (Å²) >= 11 is 1.52. The van der Waals surface area contributed by atoms with Crippen molar-refractivity contribution in [1.82, 2.24) is 10.2 Å². The molecule has 0 aliphatic rings. The summed E-state index contributed by atoms with van der Waals surface area (Å²) in [6.45, 7) is 4.02. The summed E-state index contributed by atoms with van der Waals surface area (Å²) in [7, 11) is 0. The van der Waals surface area contributed by atoms with E-state index < -0.39 is 0 Å². The van der Waals surface area contributed by atoms with Crippen molar-refractivity contribution in [2.45, 2.75) is 20.3 Å². The molecule has 5 nitrogen and oxygen atoms in total. The van der Waals surface area contributed by atoms with Gasteiger partial charge in [0.05, 0.1) is 4.88 Å². The minimum Gasteiger partial charge on any atom is -0.423 e. The van der Waals surface area contributed by atoms with E-state index in [0.29, 0.717) is 10.8 Å². The maximum atomic E-state index is 12.3. The van der Waals surface area contributed by atoms with Crippen LogP contribution in [0.25, 0.3) is 11.5 Å². The van der Waals surface area contributed by atoms with Crippen molar-refractivity contribution in [3.8, 4) is 11.5 Å². The van der Waals surface area contributed by atoms with E-state index in [2.05, 4.69) is 22.4 Å². The van der Waals surface area contributed by atoms with Gasteiger partial charge in [0.2, 0.25) is 12.3 Å². The van der Waals surface area contributed by atoms with Crippen LogP contribution in [-0.4, -0.2) is 16.1 Å². The third-order valence-electron chi connectivity index (χ3n) is 3.33. The molecule has 3 aromatic rings. The number of aryl methyl sites for hydroxylation is 2. The van der Waals surface area contributed by atoms with Gasteiger partial charge >= 0.3 is 0 Å². The Balaban J connectivity index is 1.85. The van der Waals surface area contributed by atoms with Crippen molar-refractivity contribution in [3.05, 3.63) is 52.0 Å². The summed E-state index contributed by atoms with van der Waals surface area (Å²) in [5.41, 5.74) is 2.50. The fourth-order valence-electron chi connectivity index (χ4n) is 2.06. The molecule has 0 saturated carbocycles. The Morgan fingerprint density at radius 1 is 1.32 bits per heavy atom. The molecule has 22 heavy (non-hydrogen) atoms. The number of carbonyl (C=O) groups is 1. The summed E-state index contributed by atoms with van der Waals surface area (Å²) in [5.74, 6) is 0.329. The van der Waals surface area contributed by atoms with Gasteiger partial charge in [0.1, 0.15) is 0 Å². The number of benzene rings is 1. The standard InChI is InChI=1S/C16H15N3O2S/c1-3-12-6-7-14(22-12)15(20)18-13-8-11(5-4-10(13)2)16-19-17-9-21-16/h4-9H,3H2,1-2H3,(H,18,20). The Bertz CT molecular complexity index is 794. The van der Waals surface area contributed by atoms with Gasteiger partial charge in [-0.15, -0.1) is 21.5 Å². The fraction of sp³-hybridized carbons (Fsp3) is 0.188. The van der Waals surface area contributed by atoms with Crippen LogP contribution in [-0.2, 0) is 6.42 Å². The summed E-state index contributed by atoms with van der Waals surface area (Å²) in [5, 5.41) is 10.5. The highest BCUT2D eigenvalue weighted by atomic mass is 32.1. The maximum absolute atomic E-state index is 12.3. The van der Waals surface area contributed by atoms with Crippen LogP contribution in [0.1, 0.15) is 27.0 Å². The maximum Gasteiger partial charge on any atom is 0.265 e. The molecule has 0 spiro atoms. The average molecular weight is 313 g/mol. The van der Waals surface area contributed by atoms with E-state index in [1.165, 1.54) is 22.6 Å². The molecular formula is C16H15N3O2S. The number of hydrogen-bond acceptors (Lipinski definition) is 5. The Hall–Kier alpha value is -2.47. The predicted molar refractivity (Wildman–Crippen MR) is 86.1 cm³/mol. The zero-order chi connectivity index (χ0) is 15.5. The Morgan fingerprint density at radius 2 is 2.18 bits per heavy atom. The SMILES string of the molecule is CCc1ccc(C(=O)Nc2cc(-c3nnco3)ccc2C)s1. The number of anilines is 1. The second-order valence-electron chi connectivity index (χ2n) is 4.85. The number of aromatic nitrogens is 2. The molecule has 0 bridgehead atoms. The van der Waals surface area contributed by atoms with Crippen molar-refractivity contribution in [2.75, 3.05) is 5.32 Å². The average Bonchev–Trinajstić information content (AvgIpc) is 3.20. The normalized spacial score (nSPS) is 10.6. The Kier molecular flexibility index (Phi) is 4.02. The highest BCUT2D eigenvalue weighted by molar-refractivity contribution is 7.14. The molecule has 2 aromatic heterocycles. The van der Waals surface area contributed by atoms with Crippen LogP contribution in [0.4, 0.5) is 5.69 Å². The molecule has 0 aliphatic carbocycles. The second kappa shape index (κ2) is 6.11. The largest absolute Gasteiger partial charge is 0.423 e. The molecule has 0 unspecified atom stereocenters. The molecule has 1 amide bonds. The first-order valence-corrected chi connectivity index (χ1v) is 7.76. The summed E-state index contributed by atoms with van der Waals surface area (Å²) in [4.78, 5) is 14.2. The van der Waals surface area contributed by atoms with Gasteiger partial charge < -0.3 is 9.73 Å². The van der Waals surface area contributed by atoms with Crippen LogP contribution < -0.4 is 5.32 Å². The van der Waals surface area contributed by atoms with Gasteiger partial charge in [0.15, 0.2) is 0 Å². The molecule has 2 heterocycles. The number of carbonyl (C=O) groups excluding carboxylic acids is 1. The summed E-state index contributed by atoms with van der Waals surface area (Å²) < 4.78 is 5.19. The van der Waals surface area contributed by atoms with Crippen LogP contribution in [0.2, 0.25) is 0 Å². The molecule has 0 saturated heterocycles. The number of amides is 1. The van der Waals surface area contributed by atoms with Gasteiger partial charge in [0, 0.05) is 16.1 Å². The molecule has 1 aromatic carbocycles. The van der Waals surface area contributed by atoms with E-state index >= 15 is 0 Å². The van der Waals surface area contributed by atoms with Crippen molar-refractivity contribution >= 4 is 22.9 Å². The zero-order valence-corrected chi connectivity index (χ0v) is 13.1. The zero-order valence-electron chi connectivity index (χ0n) is 12.3. The lowest BCUT2D eigenvalue weighted by molar-refractivity contribution is 0.103. The number of nitrogens with one attached hydrogen (secondary N) is 1. The highest BCUT2D eigenvalue weighted by Crippen LogP contribution is 2.25. The molecule has 6 heteroatoms. The lowest BCUT2D eigenvalue weighted by atomic mass is 10.1. The fourth-order valence-corrected chi connectivity index (χ4v) is 2.91. The van der Waals surface area contributed by atoms with Crippen molar-refractivity contribution in [1.29, 1.82) is 0 Å². The molecular weight excluding hydrogens is 298 g/mol. The molecule has 0 fully saturated rings. The van der Waals surface area contributed by atoms with Crippen LogP contribution in [0.3, 0.4) is 0 Å². The van der Waals surface area contributed by atoms with Crippen LogP contribution in [0.5, 0.6) is 0 Å². The van der Waals surface area contributed by atoms with Gasteiger partial charge in [-0.3, -0.25) is 4.79 Å². The van der Waals surface area contributed by atoms with E-state index in [9.17, 15) is 4.79 Å². The minimum absolute atomic E-state index is 0.101. The van der Waals surface area contributed by atoms with Gasteiger partial charge in [-0.1, -0.05) is 13.0 Å². The molecule has 0 atom stereocenters. The van der Waals surface area contributed by atoms with Gasteiger partial charge in [0.25, 0.3) is 5.91 Å². The number of rotatable bonds is 4. The lowest BCUT2D eigenvalue weighted by Crippen LogP contribution is -2.11. The van der Waals surface area contributed by atoms with Crippen LogP contribution in [0, 0.1) is 6.92 Å². The predicted octanol–water partition coefficient (Wildman–Crippen LogP) is 3.92. The summed E-state index contributed by atoms with van der Waals surface area (Å²) in [6, 6.07) is 9.49. The third-order valence-corrected chi connectivity index (χ3v) is 4.55. The molecule has 112 valence electrons. The first-order valence-electron chi connectivity index (χ1n) is 6.94. The minimum atomic E-state index is -0.101. The van der Waals surface area contributed by atoms with Crippen LogP contribution >= 0.6 is 11.3 Å².